The molecule has 0 saturated carbocycles. The molecule has 28 heavy (non-hydrogen) atoms. The number of rotatable bonds is 3. The lowest BCUT2D eigenvalue weighted by Crippen LogP contribution is -2.42. The highest BCUT2D eigenvalue weighted by molar-refractivity contribution is 5.67. The Balaban J connectivity index is 2.07. The fourth-order valence-electron chi connectivity index (χ4n) is 3.11. The summed E-state index contributed by atoms with van der Waals surface area (Å²) >= 11 is 0. The second-order valence-corrected chi connectivity index (χ2v) is 6.63. The van der Waals surface area contributed by atoms with Crippen molar-refractivity contribution in [1.82, 2.24) is 5.48 Å². The Morgan fingerprint density at radius 1 is 0.964 bits per heavy atom. The van der Waals surface area contributed by atoms with Crippen LogP contribution in [0.15, 0.2) is 48.5 Å². The Bertz CT molecular complexity index is 898. The molecule has 2 aromatic carbocycles. The summed E-state index contributed by atoms with van der Waals surface area (Å²) in [5, 5.41) is 0. The van der Waals surface area contributed by atoms with Crippen molar-refractivity contribution >= 4 is 5.70 Å². The summed E-state index contributed by atoms with van der Waals surface area (Å²) in [6, 6.07) is 8.43. The van der Waals surface area contributed by atoms with Gasteiger partial charge in [-0.05, 0) is 42.7 Å². The Morgan fingerprint density at radius 3 is 2.14 bits per heavy atom. The van der Waals surface area contributed by atoms with Crippen molar-refractivity contribution < 1.29 is 31.2 Å². The minimum absolute atomic E-state index is 0.0504. The van der Waals surface area contributed by atoms with Crippen LogP contribution in [0.1, 0.15) is 34.7 Å². The van der Waals surface area contributed by atoms with E-state index in [0.717, 1.165) is 35.9 Å². The van der Waals surface area contributed by atoms with E-state index in [-0.39, 0.29) is 16.8 Å². The van der Waals surface area contributed by atoms with Gasteiger partial charge >= 0.3 is 12.4 Å². The smallest absolute Gasteiger partial charge is 0.265 e. The van der Waals surface area contributed by atoms with Crippen LogP contribution in [0.25, 0.3) is 5.70 Å². The highest BCUT2D eigenvalue weighted by Gasteiger charge is 2.59. The van der Waals surface area contributed by atoms with Crippen LogP contribution >= 0.6 is 0 Å². The predicted molar refractivity (Wildman–Crippen MR) is 91.9 cm³/mol. The standard InChI is InChI=1S/C20H17F6NO/c1-3-13-8-12(2)9-16(10-13)18(20(24,25)26)11-17(27-28-18)14-4-6-15(7-5-14)19(21,22)23/h4-11,27H,3H2,1-2H3. The van der Waals surface area contributed by atoms with E-state index in [1.807, 2.05) is 6.92 Å². The summed E-state index contributed by atoms with van der Waals surface area (Å²) < 4.78 is 80.2. The fourth-order valence-corrected chi connectivity index (χ4v) is 3.11. The molecule has 1 heterocycles. The van der Waals surface area contributed by atoms with Crippen molar-refractivity contribution in [3.05, 3.63) is 76.4 Å². The number of benzene rings is 2. The van der Waals surface area contributed by atoms with E-state index < -0.39 is 23.5 Å². The quantitative estimate of drug-likeness (QED) is 0.646. The number of aryl methyl sites for hydroxylation is 2. The molecule has 8 heteroatoms. The molecule has 0 aliphatic carbocycles. The molecule has 1 N–H and O–H groups in total. The first kappa shape index (κ1) is 20.3. The zero-order valence-corrected chi connectivity index (χ0v) is 15.0. The van der Waals surface area contributed by atoms with Crippen molar-refractivity contribution in [3.8, 4) is 0 Å². The molecule has 3 rings (SSSR count). The van der Waals surface area contributed by atoms with E-state index in [1.54, 1.807) is 13.0 Å². The molecule has 0 bridgehead atoms. The molecule has 0 radical (unpaired) electrons. The van der Waals surface area contributed by atoms with E-state index in [0.29, 0.717) is 12.0 Å². The van der Waals surface area contributed by atoms with E-state index >= 15 is 0 Å². The molecule has 1 unspecified atom stereocenters. The molecule has 0 aromatic heterocycles. The van der Waals surface area contributed by atoms with Crippen LogP contribution in [0.3, 0.4) is 0 Å². The molecule has 0 saturated heterocycles. The molecule has 2 aromatic rings. The predicted octanol–water partition coefficient (Wildman–Crippen LogP) is 5.91. The molecule has 1 aliphatic rings. The highest BCUT2D eigenvalue weighted by Crippen LogP contribution is 2.47. The minimum Gasteiger partial charge on any atom is -0.265 e. The van der Waals surface area contributed by atoms with E-state index in [1.165, 1.54) is 12.1 Å². The second-order valence-electron chi connectivity index (χ2n) is 6.63. The highest BCUT2D eigenvalue weighted by atomic mass is 19.4. The van der Waals surface area contributed by atoms with Gasteiger partial charge in [-0.25, -0.2) is 0 Å². The average molecular weight is 401 g/mol. The maximum Gasteiger partial charge on any atom is 0.428 e. The van der Waals surface area contributed by atoms with Crippen LogP contribution in [-0.4, -0.2) is 6.18 Å². The number of hydroxylamine groups is 1. The van der Waals surface area contributed by atoms with Gasteiger partial charge in [0.25, 0.3) is 0 Å². The number of halogens is 6. The first-order chi connectivity index (χ1) is 13.0. The summed E-state index contributed by atoms with van der Waals surface area (Å²) in [7, 11) is 0. The normalized spacial score (nSPS) is 20.1. The molecular weight excluding hydrogens is 384 g/mol. The van der Waals surface area contributed by atoms with E-state index in [9.17, 15) is 26.3 Å². The Morgan fingerprint density at radius 2 is 1.61 bits per heavy atom. The van der Waals surface area contributed by atoms with Crippen molar-refractivity contribution in [2.24, 2.45) is 0 Å². The lowest BCUT2D eigenvalue weighted by atomic mass is 9.88. The van der Waals surface area contributed by atoms with Crippen LogP contribution < -0.4 is 5.48 Å². The summed E-state index contributed by atoms with van der Waals surface area (Å²) in [5.41, 5.74) is 0.00874. The largest absolute Gasteiger partial charge is 0.428 e. The maximum atomic E-state index is 14.0. The zero-order valence-electron chi connectivity index (χ0n) is 15.0. The molecule has 1 aliphatic heterocycles. The van der Waals surface area contributed by atoms with Crippen molar-refractivity contribution in [2.45, 2.75) is 38.2 Å². The monoisotopic (exact) mass is 401 g/mol. The van der Waals surface area contributed by atoms with Gasteiger partial charge in [0.15, 0.2) is 0 Å². The van der Waals surface area contributed by atoms with Crippen LogP contribution in [0.5, 0.6) is 0 Å². The summed E-state index contributed by atoms with van der Waals surface area (Å²) in [6.45, 7) is 3.52. The van der Waals surface area contributed by atoms with Crippen molar-refractivity contribution in [2.75, 3.05) is 0 Å². The molecule has 1 atom stereocenters. The number of nitrogens with one attached hydrogen (secondary N) is 1. The fraction of sp³-hybridized carbons (Fsp3) is 0.300. The van der Waals surface area contributed by atoms with Gasteiger partial charge < -0.3 is 0 Å². The average Bonchev–Trinajstić information content (AvgIpc) is 3.07. The van der Waals surface area contributed by atoms with Gasteiger partial charge in [-0.1, -0.05) is 42.8 Å². The number of hydrogen-bond acceptors (Lipinski definition) is 2. The van der Waals surface area contributed by atoms with Crippen LogP contribution in [0.4, 0.5) is 26.3 Å². The summed E-state index contributed by atoms with van der Waals surface area (Å²) in [4.78, 5) is 5.02. The van der Waals surface area contributed by atoms with Crippen LogP contribution in [0, 0.1) is 6.92 Å². The Hall–Kier alpha value is -2.48. The topological polar surface area (TPSA) is 21.3 Å². The molecular formula is C20H17F6NO. The first-order valence-corrected chi connectivity index (χ1v) is 8.48. The third-order valence-corrected chi connectivity index (χ3v) is 4.59. The lowest BCUT2D eigenvalue weighted by molar-refractivity contribution is -0.269. The third-order valence-electron chi connectivity index (χ3n) is 4.59. The van der Waals surface area contributed by atoms with Crippen molar-refractivity contribution in [1.29, 1.82) is 0 Å². The number of alkyl halides is 6. The Kier molecular flexibility index (Phi) is 4.95. The van der Waals surface area contributed by atoms with Gasteiger partial charge in [0.2, 0.25) is 5.60 Å². The molecule has 0 amide bonds. The van der Waals surface area contributed by atoms with E-state index in [2.05, 4.69) is 5.48 Å². The molecule has 0 fully saturated rings. The van der Waals surface area contributed by atoms with E-state index in [4.69, 9.17) is 4.84 Å². The first-order valence-electron chi connectivity index (χ1n) is 8.48. The third kappa shape index (κ3) is 3.61. The van der Waals surface area contributed by atoms with Gasteiger partial charge in [0, 0.05) is 5.56 Å². The lowest BCUT2D eigenvalue weighted by Gasteiger charge is -2.29. The SMILES string of the molecule is CCc1cc(C)cc(C2(C(F)(F)F)C=C(c3ccc(C(F)(F)F)cc3)NO2)c1. The summed E-state index contributed by atoms with van der Waals surface area (Å²) in [5.74, 6) is 0. The zero-order chi connectivity index (χ0) is 20.7. The van der Waals surface area contributed by atoms with Gasteiger partial charge in [0.05, 0.1) is 11.3 Å². The van der Waals surface area contributed by atoms with Crippen LogP contribution in [0.2, 0.25) is 0 Å². The molecule has 2 nitrogen and oxygen atoms in total. The van der Waals surface area contributed by atoms with Gasteiger partial charge in [0.1, 0.15) is 0 Å². The maximum absolute atomic E-state index is 14.0. The van der Waals surface area contributed by atoms with Gasteiger partial charge in [-0.2, -0.15) is 26.3 Å². The van der Waals surface area contributed by atoms with Crippen LogP contribution in [-0.2, 0) is 23.0 Å². The van der Waals surface area contributed by atoms with Gasteiger partial charge in [-0.15, -0.1) is 0 Å². The molecule has 150 valence electrons. The minimum atomic E-state index is -4.79. The molecule has 0 spiro atoms. The number of hydrogen-bond donors (Lipinski definition) is 1. The van der Waals surface area contributed by atoms with Crippen molar-refractivity contribution in [3.63, 3.8) is 0 Å². The van der Waals surface area contributed by atoms with Gasteiger partial charge in [-0.3, -0.25) is 10.3 Å². The Labute approximate surface area is 157 Å². The second kappa shape index (κ2) is 6.84. The summed E-state index contributed by atoms with van der Waals surface area (Å²) in [6.07, 6.45) is -7.90.